The molecule has 100 valence electrons. The molecule has 1 aliphatic rings. The summed E-state index contributed by atoms with van der Waals surface area (Å²) >= 11 is 0. The standard InChI is InChI=1S/C14H19N5/c1-2-19-9-3-4-11(19)10-17-13-6-5-12-14(18-13)16-8-7-15-12/h5-8,11H,2-4,9-10H2,1H3,(H,16,17,18). The first kappa shape index (κ1) is 12.3. The number of hydrogen-bond donors (Lipinski definition) is 1. The maximum atomic E-state index is 4.48. The van der Waals surface area contributed by atoms with Crippen LogP contribution in [0, 0.1) is 0 Å². The highest BCUT2D eigenvalue weighted by molar-refractivity contribution is 5.71. The van der Waals surface area contributed by atoms with Crippen molar-refractivity contribution in [3.8, 4) is 0 Å². The van der Waals surface area contributed by atoms with Gasteiger partial charge >= 0.3 is 0 Å². The van der Waals surface area contributed by atoms with E-state index in [0.717, 1.165) is 24.4 Å². The second kappa shape index (κ2) is 5.48. The lowest BCUT2D eigenvalue weighted by Gasteiger charge is -2.23. The summed E-state index contributed by atoms with van der Waals surface area (Å²) in [5.74, 6) is 0.885. The van der Waals surface area contributed by atoms with Crippen molar-refractivity contribution >= 4 is 17.0 Å². The molecule has 0 saturated carbocycles. The van der Waals surface area contributed by atoms with E-state index in [9.17, 15) is 0 Å². The van der Waals surface area contributed by atoms with Crippen LogP contribution < -0.4 is 5.32 Å². The van der Waals surface area contributed by atoms with Crippen LogP contribution in [0.25, 0.3) is 11.2 Å². The van der Waals surface area contributed by atoms with Crippen molar-refractivity contribution in [2.45, 2.75) is 25.8 Å². The van der Waals surface area contributed by atoms with Crippen molar-refractivity contribution in [2.24, 2.45) is 0 Å². The number of likely N-dealkylation sites (tertiary alicyclic amines) is 1. The molecule has 0 aromatic carbocycles. The molecule has 1 aliphatic heterocycles. The zero-order chi connectivity index (χ0) is 13.1. The molecule has 0 bridgehead atoms. The van der Waals surface area contributed by atoms with Crippen LogP contribution in [-0.4, -0.2) is 45.5 Å². The Morgan fingerprint density at radius 1 is 1.32 bits per heavy atom. The Morgan fingerprint density at radius 2 is 2.21 bits per heavy atom. The number of rotatable bonds is 4. The third-order valence-electron chi connectivity index (χ3n) is 3.76. The Labute approximate surface area is 113 Å². The number of fused-ring (bicyclic) bond motifs is 1. The van der Waals surface area contributed by atoms with Gasteiger partial charge in [0.25, 0.3) is 0 Å². The van der Waals surface area contributed by atoms with Gasteiger partial charge in [-0.25, -0.2) is 9.97 Å². The molecule has 0 amide bonds. The van der Waals surface area contributed by atoms with Gasteiger partial charge in [-0.1, -0.05) is 6.92 Å². The van der Waals surface area contributed by atoms with E-state index in [1.54, 1.807) is 12.4 Å². The van der Waals surface area contributed by atoms with E-state index in [1.807, 2.05) is 12.1 Å². The van der Waals surface area contributed by atoms with Crippen LogP contribution in [0.5, 0.6) is 0 Å². The number of nitrogens with one attached hydrogen (secondary N) is 1. The quantitative estimate of drug-likeness (QED) is 0.907. The predicted octanol–water partition coefficient (Wildman–Crippen LogP) is 1.92. The summed E-state index contributed by atoms with van der Waals surface area (Å²) in [4.78, 5) is 15.5. The minimum Gasteiger partial charge on any atom is -0.368 e. The Balaban J connectivity index is 1.68. The fourth-order valence-electron chi connectivity index (χ4n) is 2.72. The Kier molecular flexibility index (Phi) is 3.55. The molecule has 5 nitrogen and oxygen atoms in total. The maximum absolute atomic E-state index is 4.48. The summed E-state index contributed by atoms with van der Waals surface area (Å²) in [6, 6.07) is 4.57. The van der Waals surface area contributed by atoms with Gasteiger partial charge in [-0.05, 0) is 38.1 Å². The molecule has 0 aliphatic carbocycles. The molecular formula is C14H19N5. The lowest BCUT2D eigenvalue weighted by Crippen LogP contribution is -2.34. The van der Waals surface area contributed by atoms with E-state index >= 15 is 0 Å². The Bertz CT molecular complexity index is 556. The maximum Gasteiger partial charge on any atom is 0.180 e. The van der Waals surface area contributed by atoms with Crippen molar-refractivity contribution in [3.63, 3.8) is 0 Å². The normalized spacial score (nSPS) is 19.9. The predicted molar refractivity (Wildman–Crippen MR) is 76.1 cm³/mol. The number of likely N-dealkylation sites (N-methyl/N-ethyl adjacent to an activating group) is 1. The number of aromatic nitrogens is 3. The van der Waals surface area contributed by atoms with Gasteiger partial charge in [0.05, 0.1) is 0 Å². The fraction of sp³-hybridized carbons (Fsp3) is 0.500. The summed E-state index contributed by atoms with van der Waals surface area (Å²) in [7, 11) is 0. The van der Waals surface area contributed by atoms with Crippen LogP contribution in [0.2, 0.25) is 0 Å². The lowest BCUT2D eigenvalue weighted by atomic mass is 10.2. The second-order valence-electron chi connectivity index (χ2n) is 4.90. The van der Waals surface area contributed by atoms with Crippen molar-refractivity contribution < 1.29 is 0 Å². The minimum atomic E-state index is 0.629. The first-order valence-corrected chi connectivity index (χ1v) is 6.92. The molecule has 1 saturated heterocycles. The van der Waals surface area contributed by atoms with Gasteiger partial charge in [-0.2, -0.15) is 0 Å². The van der Waals surface area contributed by atoms with Crippen LogP contribution in [-0.2, 0) is 0 Å². The largest absolute Gasteiger partial charge is 0.368 e. The monoisotopic (exact) mass is 257 g/mol. The molecular weight excluding hydrogens is 238 g/mol. The van der Waals surface area contributed by atoms with Crippen LogP contribution in [0.1, 0.15) is 19.8 Å². The smallest absolute Gasteiger partial charge is 0.180 e. The summed E-state index contributed by atoms with van der Waals surface area (Å²) in [5.41, 5.74) is 1.54. The van der Waals surface area contributed by atoms with Gasteiger partial charge in [-0.3, -0.25) is 9.88 Å². The molecule has 2 aromatic rings. The minimum absolute atomic E-state index is 0.629. The van der Waals surface area contributed by atoms with Gasteiger partial charge in [-0.15, -0.1) is 0 Å². The average molecular weight is 257 g/mol. The molecule has 0 spiro atoms. The summed E-state index contributed by atoms with van der Waals surface area (Å²) < 4.78 is 0. The highest BCUT2D eigenvalue weighted by Crippen LogP contribution is 2.17. The summed E-state index contributed by atoms with van der Waals surface area (Å²) in [6.45, 7) is 5.53. The number of nitrogens with zero attached hydrogens (tertiary/aromatic N) is 4. The summed E-state index contributed by atoms with van der Waals surface area (Å²) in [6.07, 6.45) is 5.94. The van der Waals surface area contributed by atoms with Crippen LogP contribution >= 0.6 is 0 Å². The third kappa shape index (κ3) is 2.66. The molecule has 5 heteroatoms. The average Bonchev–Trinajstić information content (AvgIpc) is 2.92. The SMILES string of the molecule is CCN1CCCC1CNc1ccc2nccnc2n1. The van der Waals surface area contributed by atoms with Gasteiger partial charge in [0.15, 0.2) is 5.65 Å². The molecule has 1 atom stereocenters. The highest BCUT2D eigenvalue weighted by atomic mass is 15.2. The molecule has 0 radical (unpaired) electrons. The van der Waals surface area contributed by atoms with Crippen LogP contribution in [0.4, 0.5) is 5.82 Å². The molecule has 3 rings (SSSR count). The molecule has 3 heterocycles. The Hall–Kier alpha value is -1.75. The summed E-state index contributed by atoms with van der Waals surface area (Å²) in [5, 5.41) is 3.42. The van der Waals surface area contributed by atoms with Gasteiger partial charge < -0.3 is 5.32 Å². The van der Waals surface area contributed by atoms with Gasteiger partial charge in [0.2, 0.25) is 0 Å². The second-order valence-corrected chi connectivity index (χ2v) is 4.90. The zero-order valence-corrected chi connectivity index (χ0v) is 11.2. The molecule has 1 unspecified atom stereocenters. The van der Waals surface area contributed by atoms with Crippen molar-refractivity contribution in [2.75, 3.05) is 25.0 Å². The van der Waals surface area contributed by atoms with E-state index in [1.165, 1.54) is 19.4 Å². The molecule has 19 heavy (non-hydrogen) atoms. The number of hydrogen-bond acceptors (Lipinski definition) is 5. The van der Waals surface area contributed by atoms with E-state index in [-0.39, 0.29) is 0 Å². The van der Waals surface area contributed by atoms with Crippen molar-refractivity contribution in [1.29, 1.82) is 0 Å². The molecule has 2 aromatic heterocycles. The number of pyridine rings is 1. The van der Waals surface area contributed by atoms with Crippen molar-refractivity contribution in [3.05, 3.63) is 24.5 Å². The first-order chi connectivity index (χ1) is 9.36. The highest BCUT2D eigenvalue weighted by Gasteiger charge is 2.22. The number of anilines is 1. The van der Waals surface area contributed by atoms with E-state index < -0.39 is 0 Å². The van der Waals surface area contributed by atoms with E-state index in [4.69, 9.17) is 0 Å². The topological polar surface area (TPSA) is 53.9 Å². The zero-order valence-electron chi connectivity index (χ0n) is 11.2. The van der Waals surface area contributed by atoms with Gasteiger partial charge in [0, 0.05) is 25.0 Å². The molecule has 1 N–H and O–H groups in total. The Morgan fingerprint density at radius 3 is 3.11 bits per heavy atom. The third-order valence-corrected chi connectivity index (χ3v) is 3.76. The van der Waals surface area contributed by atoms with Gasteiger partial charge in [0.1, 0.15) is 11.3 Å². The van der Waals surface area contributed by atoms with Crippen LogP contribution in [0.15, 0.2) is 24.5 Å². The lowest BCUT2D eigenvalue weighted by molar-refractivity contribution is 0.277. The van der Waals surface area contributed by atoms with E-state index in [2.05, 4.69) is 32.1 Å². The van der Waals surface area contributed by atoms with Crippen molar-refractivity contribution in [1.82, 2.24) is 19.9 Å². The van der Waals surface area contributed by atoms with Crippen LogP contribution in [0.3, 0.4) is 0 Å². The first-order valence-electron chi connectivity index (χ1n) is 6.92. The van der Waals surface area contributed by atoms with E-state index in [0.29, 0.717) is 11.7 Å². The fourth-order valence-corrected chi connectivity index (χ4v) is 2.72. The molecule has 1 fully saturated rings.